The zero-order valence-electron chi connectivity index (χ0n) is 15.4. The lowest BCUT2D eigenvalue weighted by atomic mass is 10.0. The second kappa shape index (κ2) is 7.18. The van der Waals surface area contributed by atoms with Crippen LogP contribution < -0.4 is 19.7 Å². The molecular formula is C24H16O2P2S. The highest BCUT2D eigenvalue weighted by Gasteiger charge is 2.34. The van der Waals surface area contributed by atoms with Gasteiger partial charge in [0.05, 0.1) is 0 Å². The van der Waals surface area contributed by atoms with Crippen LogP contribution in [0.15, 0.2) is 97.1 Å². The summed E-state index contributed by atoms with van der Waals surface area (Å²) in [6, 6.07) is 33.8. The molecule has 2 aliphatic rings. The molecule has 2 heterocycles. The van der Waals surface area contributed by atoms with Gasteiger partial charge in [-0.05, 0) is 46.4 Å². The Bertz CT molecular complexity index is 1130. The van der Waals surface area contributed by atoms with Gasteiger partial charge in [-0.3, -0.25) is 0 Å². The molecule has 0 spiro atoms. The average Bonchev–Trinajstić information content (AvgIpc) is 2.79. The third kappa shape index (κ3) is 2.97. The number of para-hydroxylation sites is 2. The van der Waals surface area contributed by atoms with E-state index in [1.54, 1.807) is 0 Å². The predicted octanol–water partition coefficient (Wildman–Crippen LogP) is 7.11. The van der Waals surface area contributed by atoms with Crippen LogP contribution in [0.25, 0.3) is 22.3 Å². The molecule has 5 heteroatoms. The minimum absolute atomic E-state index is 0.890. The molecule has 2 atom stereocenters. The number of hydrogen-bond donors (Lipinski definition) is 0. The van der Waals surface area contributed by atoms with Crippen LogP contribution >= 0.6 is 25.7 Å². The predicted molar refractivity (Wildman–Crippen MR) is 126 cm³/mol. The normalized spacial score (nSPS) is 18.3. The van der Waals surface area contributed by atoms with E-state index in [4.69, 9.17) is 9.05 Å². The summed E-state index contributed by atoms with van der Waals surface area (Å²) in [5.74, 6) is 1.93. The second-order valence-corrected chi connectivity index (χ2v) is 13.3. The number of fused-ring (bicyclic) bond motifs is 6. The Morgan fingerprint density at radius 1 is 0.448 bits per heavy atom. The first-order valence-electron chi connectivity index (χ1n) is 9.40. The van der Waals surface area contributed by atoms with E-state index >= 15 is 0 Å². The van der Waals surface area contributed by atoms with Gasteiger partial charge in [-0.2, -0.15) is 0 Å². The van der Waals surface area contributed by atoms with Crippen molar-refractivity contribution in [1.82, 2.24) is 0 Å². The highest BCUT2D eigenvalue weighted by atomic mass is 33.1. The van der Waals surface area contributed by atoms with Crippen molar-refractivity contribution in [1.29, 1.82) is 0 Å². The molecule has 0 aliphatic carbocycles. The fourth-order valence-corrected chi connectivity index (χ4v) is 12.1. The Morgan fingerprint density at radius 3 is 1.31 bits per heavy atom. The van der Waals surface area contributed by atoms with Crippen LogP contribution in [-0.2, 0) is 0 Å². The largest absolute Gasteiger partial charge is 0.457 e. The average molecular weight is 430 g/mol. The van der Waals surface area contributed by atoms with Crippen LogP contribution in [0.1, 0.15) is 0 Å². The van der Waals surface area contributed by atoms with Crippen LogP contribution in [-0.4, -0.2) is 0 Å². The second-order valence-electron chi connectivity index (χ2n) is 6.81. The molecule has 2 nitrogen and oxygen atoms in total. The quantitative estimate of drug-likeness (QED) is 0.316. The maximum absolute atomic E-state index is 6.53. The monoisotopic (exact) mass is 430 g/mol. The van der Waals surface area contributed by atoms with E-state index in [-0.39, 0.29) is 0 Å². The summed E-state index contributed by atoms with van der Waals surface area (Å²) in [7, 11) is -1.78. The van der Waals surface area contributed by atoms with Crippen molar-refractivity contribution < 1.29 is 9.05 Å². The lowest BCUT2D eigenvalue weighted by Gasteiger charge is -2.32. The van der Waals surface area contributed by atoms with E-state index < -0.39 is 14.7 Å². The standard InChI is InChI=1S/C24H16O2P2S/c1-5-13-21-17(9-1)19-11-3-7-15-23(19)27(25-21)29-28-24-16-8-4-12-20(24)18-10-2-6-14-22(18)26-28/h1-16H. The summed E-state index contributed by atoms with van der Waals surface area (Å²) in [4.78, 5) is 0. The van der Waals surface area contributed by atoms with Crippen molar-refractivity contribution in [2.45, 2.75) is 0 Å². The highest BCUT2D eigenvalue weighted by Crippen LogP contribution is 2.71. The van der Waals surface area contributed by atoms with Gasteiger partial charge in [-0.1, -0.05) is 72.8 Å². The summed E-state index contributed by atoms with van der Waals surface area (Å²) >= 11 is 1.84. The summed E-state index contributed by atoms with van der Waals surface area (Å²) in [5.41, 5.74) is 4.89. The van der Waals surface area contributed by atoms with Crippen molar-refractivity contribution in [2.75, 3.05) is 0 Å². The lowest BCUT2D eigenvalue weighted by Crippen LogP contribution is -2.15. The Balaban J connectivity index is 1.41. The molecule has 0 bridgehead atoms. The third-order valence-corrected chi connectivity index (χ3v) is 12.8. The molecular weight excluding hydrogens is 414 g/mol. The Kier molecular flexibility index (Phi) is 4.35. The van der Waals surface area contributed by atoms with E-state index in [0.29, 0.717) is 0 Å². The fraction of sp³-hybridized carbons (Fsp3) is 0. The smallest absolute Gasteiger partial charge is 0.188 e. The number of hydrogen-bond acceptors (Lipinski definition) is 3. The van der Waals surface area contributed by atoms with Gasteiger partial charge in [0, 0.05) is 21.7 Å². The molecule has 0 aromatic heterocycles. The molecule has 4 aromatic rings. The SMILES string of the molecule is c1ccc2c(c1)OP(SP1Oc3ccccc3-c3ccccc31)c1ccccc1-2. The maximum Gasteiger partial charge on any atom is 0.188 e. The van der Waals surface area contributed by atoms with Crippen molar-refractivity contribution in [3.05, 3.63) is 97.1 Å². The summed E-state index contributed by atoms with van der Waals surface area (Å²) in [6.45, 7) is 0. The molecule has 0 N–H and O–H groups in total. The van der Waals surface area contributed by atoms with Gasteiger partial charge < -0.3 is 9.05 Å². The van der Waals surface area contributed by atoms with Crippen molar-refractivity contribution >= 4 is 36.3 Å². The topological polar surface area (TPSA) is 18.5 Å². The summed E-state index contributed by atoms with van der Waals surface area (Å²) in [5, 5.41) is 2.54. The van der Waals surface area contributed by atoms with E-state index in [2.05, 4.69) is 84.9 Å². The molecule has 6 rings (SSSR count). The van der Waals surface area contributed by atoms with Gasteiger partial charge in [0.2, 0.25) is 0 Å². The molecule has 0 saturated heterocycles. The van der Waals surface area contributed by atoms with Crippen LogP contribution in [0.5, 0.6) is 11.5 Å². The van der Waals surface area contributed by atoms with Gasteiger partial charge in [-0.25, -0.2) is 0 Å². The zero-order chi connectivity index (χ0) is 19.2. The first-order valence-corrected chi connectivity index (χ1v) is 13.9. The van der Waals surface area contributed by atoms with Gasteiger partial charge in [0.25, 0.3) is 0 Å². The van der Waals surface area contributed by atoms with E-state index in [1.807, 2.05) is 23.1 Å². The molecule has 2 aliphatic heterocycles. The van der Waals surface area contributed by atoms with Crippen LogP contribution in [0, 0.1) is 0 Å². The highest BCUT2D eigenvalue weighted by molar-refractivity contribution is 8.86. The minimum Gasteiger partial charge on any atom is -0.457 e. The third-order valence-electron chi connectivity index (χ3n) is 5.07. The van der Waals surface area contributed by atoms with E-state index in [0.717, 1.165) is 11.5 Å². The molecule has 0 amide bonds. The van der Waals surface area contributed by atoms with Gasteiger partial charge in [0.1, 0.15) is 11.5 Å². The van der Waals surface area contributed by atoms with Gasteiger partial charge >= 0.3 is 0 Å². The van der Waals surface area contributed by atoms with Crippen molar-refractivity contribution in [2.24, 2.45) is 0 Å². The first-order chi connectivity index (χ1) is 14.4. The minimum atomic E-state index is -0.890. The summed E-state index contributed by atoms with van der Waals surface area (Å²) < 4.78 is 13.1. The number of rotatable bonds is 2. The maximum atomic E-state index is 6.53. The first kappa shape index (κ1) is 17.5. The van der Waals surface area contributed by atoms with E-state index in [9.17, 15) is 0 Å². The van der Waals surface area contributed by atoms with Crippen LogP contribution in [0.4, 0.5) is 0 Å². The fourth-order valence-electron chi connectivity index (χ4n) is 3.72. The molecule has 0 saturated carbocycles. The molecule has 2 unspecified atom stereocenters. The van der Waals surface area contributed by atoms with Gasteiger partial charge in [0.15, 0.2) is 14.7 Å². The molecule has 0 fully saturated rings. The van der Waals surface area contributed by atoms with E-state index in [1.165, 1.54) is 32.9 Å². The number of benzene rings is 4. The Labute approximate surface area is 176 Å². The zero-order valence-corrected chi connectivity index (χ0v) is 18.0. The molecule has 140 valence electrons. The van der Waals surface area contributed by atoms with Crippen LogP contribution in [0.3, 0.4) is 0 Å². The summed E-state index contributed by atoms with van der Waals surface area (Å²) in [6.07, 6.45) is 0. The Morgan fingerprint density at radius 2 is 0.828 bits per heavy atom. The molecule has 29 heavy (non-hydrogen) atoms. The van der Waals surface area contributed by atoms with Gasteiger partial charge in [-0.15, -0.1) is 0 Å². The molecule has 0 radical (unpaired) electrons. The molecule has 4 aromatic carbocycles. The van der Waals surface area contributed by atoms with Crippen molar-refractivity contribution in [3.63, 3.8) is 0 Å². The van der Waals surface area contributed by atoms with Crippen molar-refractivity contribution in [3.8, 4) is 33.8 Å². The van der Waals surface area contributed by atoms with Crippen LogP contribution in [0.2, 0.25) is 0 Å². The Hall–Kier alpha value is -2.31. The lowest BCUT2D eigenvalue weighted by molar-refractivity contribution is 0.631.